The van der Waals surface area contributed by atoms with Gasteiger partial charge in [0.1, 0.15) is 0 Å². The molecule has 0 aliphatic heterocycles. The summed E-state index contributed by atoms with van der Waals surface area (Å²) in [6.07, 6.45) is 3.46. The van der Waals surface area contributed by atoms with Crippen molar-refractivity contribution >= 4 is 28.9 Å². The second-order valence-corrected chi connectivity index (χ2v) is 3.72. The van der Waals surface area contributed by atoms with Gasteiger partial charge >= 0.3 is 5.97 Å². The van der Waals surface area contributed by atoms with Gasteiger partial charge in [-0.15, -0.1) is 0 Å². The van der Waals surface area contributed by atoms with E-state index in [0.717, 1.165) is 21.9 Å². The van der Waals surface area contributed by atoms with E-state index < -0.39 is 5.97 Å². The summed E-state index contributed by atoms with van der Waals surface area (Å²) in [6.45, 7) is 7.45. The Morgan fingerprint density at radius 1 is 1.06 bits per heavy atom. The molecule has 84 valence electrons. The fourth-order valence-electron chi connectivity index (χ4n) is 1.88. The molecule has 0 saturated carbocycles. The molecule has 2 rings (SSSR count). The van der Waals surface area contributed by atoms with Crippen LogP contribution in [-0.4, -0.2) is 11.1 Å². The minimum absolute atomic E-state index is 0.307. The summed E-state index contributed by atoms with van der Waals surface area (Å²) in [6, 6.07) is 8.96. The van der Waals surface area contributed by atoms with Crippen LogP contribution >= 0.6 is 0 Å². The molecule has 0 aliphatic carbocycles. The van der Waals surface area contributed by atoms with Crippen molar-refractivity contribution in [3.05, 3.63) is 60.2 Å². The van der Waals surface area contributed by atoms with Gasteiger partial charge in [-0.3, -0.25) is 0 Å². The average molecular weight is 224 g/mol. The number of carbonyl (C=O) groups is 1. The van der Waals surface area contributed by atoms with E-state index in [0.29, 0.717) is 5.56 Å². The van der Waals surface area contributed by atoms with Crippen molar-refractivity contribution in [3.8, 4) is 0 Å². The lowest BCUT2D eigenvalue weighted by Crippen LogP contribution is -1.98. The zero-order valence-electron chi connectivity index (χ0n) is 9.31. The van der Waals surface area contributed by atoms with Crippen molar-refractivity contribution < 1.29 is 9.90 Å². The number of fused-ring (bicyclic) bond motifs is 1. The summed E-state index contributed by atoms with van der Waals surface area (Å²) in [5, 5.41) is 10.7. The lowest BCUT2D eigenvalue weighted by molar-refractivity contribution is 0.0699. The van der Waals surface area contributed by atoms with Gasteiger partial charge in [-0.05, 0) is 34.0 Å². The lowest BCUT2D eigenvalue weighted by Gasteiger charge is -2.07. The van der Waals surface area contributed by atoms with Crippen molar-refractivity contribution in [1.82, 2.24) is 0 Å². The van der Waals surface area contributed by atoms with Gasteiger partial charge in [-0.25, -0.2) is 4.79 Å². The van der Waals surface area contributed by atoms with Crippen LogP contribution in [0.15, 0.2) is 43.5 Å². The normalized spacial score (nSPS) is 10.1. The largest absolute Gasteiger partial charge is 0.478 e. The van der Waals surface area contributed by atoms with Crippen LogP contribution in [0, 0.1) is 0 Å². The smallest absolute Gasteiger partial charge is 0.336 e. The summed E-state index contributed by atoms with van der Waals surface area (Å²) >= 11 is 0. The SMILES string of the molecule is C=Cc1ccc2c(C(=O)O)ccc(C=C)c2c1. The Labute approximate surface area is 99.5 Å². The van der Waals surface area contributed by atoms with Crippen LogP contribution < -0.4 is 0 Å². The number of hydrogen-bond donors (Lipinski definition) is 1. The van der Waals surface area contributed by atoms with Gasteiger partial charge < -0.3 is 5.11 Å². The number of hydrogen-bond acceptors (Lipinski definition) is 1. The fourth-order valence-corrected chi connectivity index (χ4v) is 1.88. The molecule has 0 spiro atoms. The van der Waals surface area contributed by atoms with Gasteiger partial charge in [0.2, 0.25) is 0 Å². The highest BCUT2D eigenvalue weighted by Crippen LogP contribution is 2.25. The second kappa shape index (κ2) is 4.26. The first-order valence-corrected chi connectivity index (χ1v) is 5.22. The van der Waals surface area contributed by atoms with Gasteiger partial charge in [0.15, 0.2) is 0 Å². The summed E-state index contributed by atoms with van der Waals surface area (Å²) in [4.78, 5) is 11.1. The van der Waals surface area contributed by atoms with Crippen molar-refractivity contribution in [2.45, 2.75) is 0 Å². The first-order chi connectivity index (χ1) is 8.17. The third kappa shape index (κ3) is 1.85. The van der Waals surface area contributed by atoms with Gasteiger partial charge in [-0.1, -0.05) is 43.5 Å². The molecule has 17 heavy (non-hydrogen) atoms. The van der Waals surface area contributed by atoms with Gasteiger partial charge in [0.25, 0.3) is 0 Å². The number of benzene rings is 2. The Balaban J connectivity index is 2.89. The predicted molar refractivity (Wildman–Crippen MR) is 71.1 cm³/mol. The van der Waals surface area contributed by atoms with Crippen molar-refractivity contribution in [3.63, 3.8) is 0 Å². The minimum atomic E-state index is -0.919. The highest BCUT2D eigenvalue weighted by Gasteiger charge is 2.10. The molecule has 0 aliphatic rings. The van der Waals surface area contributed by atoms with Crippen LogP contribution in [0.4, 0.5) is 0 Å². The Morgan fingerprint density at radius 3 is 2.41 bits per heavy atom. The number of aromatic carboxylic acids is 1. The van der Waals surface area contributed by atoms with E-state index in [1.807, 2.05) is 18.2 Å². The van der Waals surface area contributed by atoms with Gasteiger partial charge in [0, 0.05) is 0 Å². The molecular formula is C15H12O2. The molecule has 2 nitrogen and oxygen atoms in total. The average Bonchev–Trinajstić information content (AvgIpc) is 2.36. The van der Waals surface area contributed by atoms with E-state index in [-0.39, 0.29) is 0 Å². The summed E-state index contributed by atoms with van der Waals surface area (Å²) in [7, 11) is 0. The van der Waals surface area contributed by atoms with Crippen molar-refractivity contribution in [2.24, 2.45) is 0 Å². The molecule has 0 atom stereocenters. The van der Waals surface area contributed by atoms with Crippen molar-refractivity contribution in [2.75, 3.05) is 0 Å². The summed E-state index contributed by atoms with van der Waals surface area (Å²) < 4.78 is 0. The molecule has 0 aromatic heterocycles. The minimum Gasteiger partial charge on any atom is -0.478 e. The summed E-state index contributed by atoms with van der Waals surface area (Å²) in [5.74, 6) is -0.919. The highest BCUT2D eigenvalue weighted by atomic mass is 16.4. The van der Waals surface area contributed by atoms with E-state index in [9.17, 15) is 4.79 Å². The lowest BCUT2D eigenvalue weighted by atomic mass is 9.97. The molecule has 2 heteroatoms. The van der Waals surface area contributed by atoms with E-state index in [1.165, 1.54) is 0 Å². The standard InChI is InChI=1S/C15H12O2/c1-3-10-5-7-12-13(15(16)17)8-6-11(4-2)14(12)9-10/h3-9H,1-2H2,(H,16,17). The Morgan fingerprint density at radius 2 is 1.82 bits per heavy atom. The molecule has 0 unspecified atom stereocenters. The molecule has 0 fully saturated rings. The maximum Gasteiger partial charge on any atom is 0.336 e. The summed E-state index contributed by atoms with van der Waals surface area (Å²) in [5.41, 5.74) is 2.19. The van der Waals surface area contributed by atoms with Crippen LogP contribution in [0.5, 0.6) is 0 Å². The molecule has 0 heterocycles. The first kappa shape index (κ1) is 11.1. The van der Waals surface area contributed by atoms with E-state index in [4.69, 9.17) is 5.11 Å². The fraction of sp³-hybridized carbons (Fsp3) is 0. The third-order valence-electron chi connectivity index (χ3n) is 2.76. The quantitative estimate of drug-likeness (QED) is 0.860. The maximum absolute atomic E-state index is 11.1. The van der Waals surface area contributed by atoms with Crippen LogP contribution in [0.25, 0.3) is 22.9 Å². The second-order valence-electron chi connectivity index (χ2n) is 3.72. The predicted octanol–water partition coefficient (Wildman–Crippen LogP) is 3.82. The molecule has 2 aromatic rings. The zero-order chi connectivity index (χ0) is 12.4. The van der Waals surface area contributed by atoms with Crippen LogP contribution in [-0.2, 0) is 0 Å². The Bertz CT molecular complexity index is 624. The van der Waals surface area contributed by atoms with Crippen LogP contribution in [0.3, 0.4) is 0 Å². The monoisotopic (exact) mass is 224 g/mol. The molecule has 0 amide bonds. The molecule has 0 radical (unpaired) electrons. The van der Waals surface area contributed by atoms with Crippen LogP contribution in [0.2, 0.25) is 0 Å². The van der Waals surface area contributed by atoms with E-state index in [1.54, 1.807) is 24.3 Å². The van der Waals surface area contributed by atoms with E-state index >= 15 is 0 Å². The molecule has 2 aromatic carbocycles. The Hall–Kier alpha value is -2.35. The van der Waals surface area contributed by atoms with Crippen LogP contribution in [0.1, 0.15) is 21.5 Å². The van der Waals surface area contributed by atoms with Gasteiger partial charge in [-0.2, -0.15) is 0 Å². The molecule has 1 N–H and O–H groups in total. The molecule has 0 bridgehead atoms. The number of carboxylic acids is 1. The highest BCUT2D eigenvalue weighted by molar-refractivity contribution is 6.06. The maximum atomic E-state index is 11.1. The topological polar surface area (TPSA) is 37.3 Å². The first-order valence-electron chi connectivity index (χ1n) is 5.22. The van der Waals surface area contributed by atoms with Crippen molar-refractivity contribution in [1.29, 1.82) is 0 Å². The Kier molecular flexibility index (Phi) is 2.79. The zero-order valence-corrected chi connectivity index (χ0v) is 9.31. The number of rotatable bonds is 3. The molecular weight excluding hydrogens is 212 g/mol. The van der Waals surface area contributed by atoms with E-state index in [2.05, 4.69) is 13.2 Å². The van der Waals surface area contributed by atoms with Gasteiger partial charge in [0.05, 0.1) is 5.56 Å². The third-order valence-corrected chi connectivity index (χ3v) is 2.76. The number of carboxylic acid groups (broad SMARTS) is 1. The molecule has 0 saturated heterocycles.